The zero-order chi connectivity index (χ0) is 19.2. The molecule has 0 spiro atoms. The lowest BCUT2D eigenvalue weighted by Gasteiger charge is -2.08. The summed E-state index contributed by atoms with van der Waals surface area (Å²) in [5.41, 5.74) is 0.790. The number of benzene rings is 2. The molecule has 1 aromatic heterocycles. The van der Waals surface area contributed by atoms with Crippen LogP contribution in [0.1, 0.15) is 11.3 Å². The minimum atomic E-state index is -3.93. The molecule has 0 saturated carbocycles. The number of aromatic nitrogens is 1. The predicted molar refractivity (Wildman–Crippen MR) is 89.8 cm³/mol. The predicted octanol–water partition coefficient (Wildman–Crippen LogP) is 4.45. The van der Waals surface area contributed by atoms with Crippen molar-refractivity contribution in [3.05, 3.63) is 59.1 Å². The second kappa shape index (κ2) is 6.28. The molecule has 136 valence electrons. The molecular formula is C18H14F3NO3S. The minimum absolute atomic E-state index is 0.129. The van der Waals surface area contributed by atoms with Crippen LogP contribution in [0.15, 0.2) is 39.8 Å². The van der Waals surface area contributed by atoms with Crippen molar-refractivity contribution in [2.24, 2.45) is 0 Å². The van der Waals surface area contributed by atoms with E-state index in [0.717, 1.165) is 12.3 Å². The van der Waals surface area contributed by atoms with Gasteiger partial charge in [-0.15, -0.1) is 0 Å². The number of rotatable bonds is 3. The Hall–Kier alpha value is -2.61. The van der Waals surface area contributed by atoms with E-state index in [-0.39, 0.29) is 22.6 Å². The van der Waals surface area contributed by atoms with Crippen LogP contribution in [0, 0.1) is 31.3 Å². The molecule has 0 aliphatic rings. The Morgan fingerprint density at radius 3 is 2.27 bits per heavy atom. The van der Waals surface area contributed by atoms with Crippen molar-refractivity contribution < 1.29 is 26.1 Å². The number of aryl methyl sites for hydroxylation is 2. The maximum atomic E-state index is 14.6. The summed E-state index contributed by atoms with van der Waals surface area (Å²) >= 11 is 0. The van der Waals surface area contributed by atoms with E-state index in [1.54, 1.807) is 13.0 Å². The summed E-state index contributed by atoms with van der Waals surface area (Å²) in [4.78, 5) is -0.740. The van der Waals surface area contributed by atoms with E-state index < -0.39 is 32.2 Å². The number of hydrogen-bond acceptors (Lipinski definition) is 4. The van der Waals surface area contributed by atoms with Gasteiger partial charge in [-0.2, -0.15) is 0 Å². The standard InChI is InChI=1S/C18H14F3NO3S/c1-9-4-5-11(6-13(9)19)18-17(10(2)25-22-18)12-7-15(21)16(8-14(12)20)26(3,23)24/h4-8H,1-3H3. The maximum absolute atomic E-state index is 14.6. The Balaban J connectivity index is 2.24. The van der Waals surface area contributed by atoms with Crippen molar-refractivity contribution in [2.45, 2.75) is 18.7 Å². The normalized spacial score (nSPS) is 11.8. The molecule has 0 atom stereocenters. The van der Waals surface area contributed by atoms with Crippen LogP contribution >= 0.6 is 0 Å². The molecule has 0 aliphatic heterocycles. The topological polar surface area (TPSA) is 60.2 Å². The van der Waals surface area contributed by atoms with Gasteiger partial charge in [-0.25, -0.2) is 21.6 Å². The van der Waals surface area contributed by atoms with E-state index in [1.807, 2.05) is 0 Å². The van der Waals surface area contributed by atoms with Gasteiger partial charge in [-0.05, 0) is 37.6 Å². The van der Waals surface area contributed by atoms with Gasteiger partial charge in [-0.3, -0.25) is 0 Å². The molecule has 0 radical (unpaired) electrons. The van der Waals surface area contributed by atoms with Crippen molar-refractivity contribution in [1.82, 2.24) is 5.16 Å². The summed E-state index contributed by atoms with van der Waals surface area (Å²) in [6.07, 6.45) is 0.787. The number of nitrogens with zero attached hydrogens (tertiary/aromatic N) is 1. The van der Waals surface area contributed by atoms with E-state index in [2.05, 4.69) is 5.16 Å². The van der Waals surface area contributed by atoms with Gasteiger partial charge in [0, 0.05) is 17.4 Å². The van der Waals surface area contributed by atoms with E-state index >= 15 is 0 Å². The monoisotopic (exact) mass is 381 g/mol. The molecule has 0 fully saturated rings. The van der Waals surface area contributed by atoms with Crippen molar-refractivity contribution in [2.75, 3.05) is 6.26 Å². The molecule has 4 nitrogen and oxygen atoms in total. The smallest absolute Gasteiger partial charge is 0.178 e. The van der Waals surface area contributed by atoms with Crippen LogP contribution in [0.2, 0.25) is 0 Å². The van der Waals surface area contributed by atoms with E-state index in [4.69, 9.17) is 4.52 Å². The molecule has 0 bridgehead atoms. The molecule has 0 N–H and O–H groups in total. The summed E-state index contributed by atoms with van der Waals surface area (Å²) in [5.74, 6) is -2.34. The first-order valence-electron chi connectivity index (χ1n) is 7.52. The molecule has 3 rings (SSSR count). The molecule has 3 aromatic rings. The SMILES string of the molecule is Cc1ccc(-c2noc(C)c2-c2cc(F)c(S(C)(=O)=O)cc2F)cc1F. The highest BCUT2D eigenvalue weighted by Crippen LogP contribution is 2.37. The van der Waals surface area contributed by atoms with Crippen LogP contribution < -0.4 is 0 Å². The van der Waals surface area contributed by atoms with Crippen LogP contribution in [0.3, 0.4) is 0 Å². The van der Waals surface area contributed by atoms with Crippen LogP contribution in [-0.2, 0) is 9.84 Å². The Morgan fingerprint density at radius 1 is 0.962 bits per heavy atom. The van der Waals surface area contributed by atoms with Crippen LogP contribution in [-0.4, -0.2) is 19.8 Å². The number of halogens is 3. The largest absolute Gasteiger partial charge is 0.360 e. The van der Waals surface area contributed by atoms with Crippen molar-refractivity contribution in [3.63, 3.8) is 0 Å². The van der Waals surface area contributed by atoms with Gasteiger partial charge in [0.15, 0.2) is 9.84 Å². The molecule has 0 unspecified atom stereocenters. The highest BCUT2D eigenvalue weighted by molar-refractivity contribution is 7.90. The lowest BCUT2D eigenvalue weighted by molar-refractivity contribution is 0.400. The summed E-state index contributed by atoms with van der Waals surface area (Å²) in [5, 5.41) is 3.83. The maximum Gasteiger partial charge on any atom is 0.178 e. The molecule has 8 heteroatoms. The third-order valence-corrected chi connectivity index (χ3v) is 5.11. The molecule has 0 aliphatic carbocycles. The fourth-order valence-corrected chi connectivity index (χ4v) is 3.36. The highest BCUT2D eigenvalue weighted by Gasteiger charge is 2.24. The quantitative estimate of drug-likeness (QED) is 0.673. The average molecular weight is 381 g/mol. The second-order valence-electron chi connectivity index (χ2n) is 5.96. The Labute approximate surface area is 148 Å². The summed E-state index contributed by atoms with van der Waals surface area (Å²) < 4.78 is 70.9. The number of hydrogen-bond donors (Lipinski definition) is 0. The first kappa shape index (κ1) is 18.2. The Morgan fingerprint density at radius 2 is 1.65 bits per heavy atom. The van der Waals surface area contributed by atoms with E-state index in [1.165, 1.54) is 19.1 Å². The van der Waals surface area contributed by atoms with Gasteiger partial charge in [0.2, 0.25) is 0 Å². The average Bonchev–Trinajstić information content (AvgIpc) is 2.92. The summed E-state index contributed by atoms with van der Waals surface area (Å²) in [6, 6.07) is 5.72. The van der Waals surface area contributed by atoms with Gasteiger partial charge in [-0.1, -0.05) is 17.3 Å². The van der Waals surface area contributed by atoms with Crippen LogP contribution in [0.5, 0.6) is 0 Å². The molecule has 2 aromatic carbocycles. The minimum Gasteiger partial charge on any atom is -0.360 e. The zero-order valence-corrected chi connectivity index (χ0v) is 14.9. The lowest BCUT2D eigenvalue weighted by Crippen LogP contribution is -2.03. The zero-order valence-electron chi connectivity index (χ0n) is 14.1. The molecule has 0 amide bonds. The van der Waals surface area contributed by atoms with Gasteiger partial charge < -0.3 is 4.52 Å². The van der Waals surface area contributed by atoms with Gasteiger partial charge in [0.1, 0.15) is 33.8 Å². The van der Waals surface area contributed by atoms with Crippen LogP contribution in [0.4, 0.5) is 13.2 Å². The van der Waals surface area contributed by atoms with E-state index in [0.29, 0.717) is 17.2 Å². The molecule has 1 heterocycles. The third kappa shape index (κ3) is 3.12. The van der Waals surface area contributed by atoms with E-state index in [9.17, 15) is 21.6 Å². The van der Waals surface area contributed by atoms with Gasteiger partial charge in [0.25, 0.3) is 0 Å². The number of sulfone groups is 1. The molecule has 26 heavy (non-hydrogen) atoms. The molecule has 0 saturated heterocycles. The summed E-state index contributed by atoms with van der Waals surface area (Å²) in [7, 11) is -3.93. The van der Waals surface area contributed by atoms with Gasteiger partial charge in [0.05, 0.1) is 5.56 Å². The summed E-state index contributed by atoms with van der Waals surface area (Å²) in [6.45, 7) is 3.09. The van der Waals surface area contributed by atoms with Crippen LogP contribution in [0.25, 0.3) is 22.4 Å². The Bertz CT molecular complexity index is 1120. The Kier molecular flexibility index (Phi) is 4.39. The fraction of sp³-hybridized carbons (Fsp3) is 0.167. The third-order valence-electron chi connectivity index (χ3n) is 4.00. The van der Waals surface area contributed by atoms with Crippen molar-refractivity contribution in [1.29, 1.82) is 0 Å². The lowest BCUT2D eigenvalue weighted by atomic mass is 9.98. The fourth-order valence-electron chi connectivity index (χ4n) is 2.63. The van der Waals surface area contributed by atoms with Crippen molar-refractivity contribution in [3.8, 4) is 22.4 Å². The van der Waals surface area contributed by atoms with Crippen molar-refractivity contribution >= 4 is 9.84 Å². The highest BCUT2D eigenvalue weighted by atomic mass is 32.2. The first-order chi connectivity index (χ1) is 12.1. The van der Waals surface area contributed by atoms with Gasteiger partial charge >= 0.3 is 0 Å². The first-order valence-corrected chi connectivity index (χ1v) is 9.41. The second-order valence-corrected chi connectivity index (χ2v) is 7.95. The molecular weight excluding hydrogens is 367 g/mol.